The first kappa shape index (κ1) is 10.9. The molecule has 4 nitrogen and oxygen atoms in total. The van der Waals surface area contributed by atoms with Gasteiger partial charge in [0.05, 0.1) is 18.9 Å². The van der Waals surface area contributed by atoms with Gasteiger partial charge >= 0.3 is 0 Å². The van der Waals surface area contributed by atoms with Gasteiger partial charge in [-0.3, -0.25) is 4.98 Å². The lowest BCUT2D eigenvalue weighted by Crippen LogP contribution is -2.01. The molecule has 4 heteroatoms. The van der Waals surface area contributed by atoms with Crippen molar-refractivity contribution in [3.05, 3.63) is 23.0 Å². The van der Waals surface area contributed by atoms with Crippen molar-refractivity contribution in [3.8, 4) is 5.75 Å². The van der Waals surface area contributed by atoms with E-state index in [1.165, 1.54) is 0 Å². The molecule has 0 aliphatic rings. The van der Waals surface area contributed by atoms with Gasteiger partial charge in [0.2, 0.25) is 0 Å². The van der Waals surface area contributed by atoms with Crippen LogP contribution in [0.3, 0.4) is 0 Å². The molecule has 1 aromatic rings. The average Bonchev–Trinajstić information content (AvgIpc) is 2.18. The van der Waals surface area contributed by atoms with E-state index in [1.54, 1.807) is 27.3 Å². The van der Waals surface area contributed by atoms with E-state index < -0.39 is 0 Å². The largest absolute Gasteiger partial charge is 0.506 e. The Balaban J connectivity index is 3.08. The van der Waals surface area contributed by atoms with Crippen molar-refractivity contribution in [1.29, 1.82) is 0 Å². The van der Waals surface area contributed by atoms with Gasteiger partial charge in [-0.05, 0) is 6.92 Å². The van der Waals surface area contributed by atoms with Crippen molar-refractivity contribution >= 4 is 0 Å². The molecule has 1 aromatic heterocycles. The van der Waals surface area contributed by atoms with Crippen molar-refractivity contribution in [2.75, 3.05) is 14.2 Å². The normalized spacial score (nSPS) is 10.5. The fourth-order valence-corrected chi connectivity index (χ4v) is 1.27. The van der Waals surface area contributed by atoms with E-state index in [-0.39, 0.29) is 5.75 Å². The summed E-state index contributed by atoms with van der Waals surface area (Å²) in [5.41, 5.74) is 2.22. The molecule has 0 radical (unpaired) electrons. The third kappa shape index (κ3) is 2.21. The van der Waals surface area contributed by atoms with Crippen LogP contribution in [0.4, 0.5) is 0 Å². The molecule has 0 saturated heterocycles. The maximum Gasteiger partial charge on any atom is 0.142 e. The number of aryl methyl sites for hydroxylation is 1. The van der Waals surface area contributed by atoms with Gasteiger partial charge in [-0.2, -0.15) is 0 Å². The second-order valence-corrected chi connectivity index (χ2v) is 3.06. The quantitative estimate of drug-likeness (QED) is 0.792. The third-order valence-electron chi connectivity index (χ3n) is 2.02. The lowest BCUT2D eigenvalue weighted by Gasteiger charge is -2.11. The second-order valence-electron chi connectivity index (χ2n) is 3.06. The van der Waals surface area contributed by atoms with Crippen LogP contribution in [-0.2, 0) is 22.7 Å². The highest BCUT2D eigenvalue weighted by Crippen LogP contribution is 2.24. The Morgan fingerprint density at radius 1 is 1.29 bits per heavy atom. The van der Waals surface area contributed by atoms with Crippen molar-refractivity contribution in [3.63, 3.8) is 0 Å². The fraction of sp³-hybridized carbons (Fsp3) is 0.500. The molecule has 0 atom stereocenters. The Kier molecular flexibility index (Phi) is 3.85. The number of rotatable bonds is 4. The van der Waals surface area contributed by atoms with Crippen molar-refractivity contribution in [1.82, 2.24) is 4.98 Å². The van der Waals surface area contributed by atoms with Gasteiger partial charge in [0.25, 0.3) is 0 Å². The average molecular weight is 197 g/mol. The molecule has 0 bridgehead atoms. The first-order valence-corrected chi connectivity index (χ1v) is 4.35. The van der Waals surface area contributed by atoms with Crippen LogP contribution in [0.15, 0.2) is 6.20 Å². The van der Waals surface area contributed by atoms with Crippen LogP contribution in [-0.4, -0.2) is 24.3 Å². The van der Waals surface area contributed by atoms with Gasteiger partial charge in [0.15, 0.2) is 0 Å². The Morgan fingerprint density at radius 2 is 1.93 bits per heavy atom. The summed E-state index contributed by atoms with van der Waals surface area (Å²) in [4.78, 5) is 4.05. The molecule has 0 spiro atoms. The Bertz CT molecular complexity index is 312. The van der Waals surface area contributed by atoms with Crippen LogP contribution in [0.1, 0.15) is 16.8 Å². The van der Waals surface area contributed by atoms with Gasteiger partial charge in [0, 0.05) is 31.5 Å². The van der Waals surface area contributed by atoms with E-state index in [1.807, 2.05) is 0 Å². The van der Waals surface area contributed by atoms with E-state index in [0.29, 0.717) is 18.9 Å². The van der Waals surface area contributed by atoms with Gasteiger partial charge < -0.3 is 14.6 Å². The number of aromatic hydroxyl groups is 1. The Hall–Kier alpha value is -1.13. The molecule has 0 saturated carbocycles. The van der Waals surface area contributed by atoms with Crippen LogP contribution in [0.2, 0.25) is 0 Å². The van der Waals surface area contributed by atoms with Crippen molar-refractivity contribution in [2.24, 2.45) is 0 Å². The van der Waals surface area contributed by atoms with Crippen LogP contribution in [0, 0.1) is 6.92 Å². The fourth-order valence-electron chi connectivity index (χ4n) is 1.27. The number of nitrogens with zero attached hydrogens (tertiary/aromatic N) is 1. The monoisotopic (exact) mass is 197 g/mol. The molecule has 0 fully saturated rings. The molecular weight excluding hydrogens is 182 g/mol. The zero-order valence-electron chi connectivity index (χ0n) is 8.70. The minimum atomic E-state index is 0.196. The lowest BCUT2D eigenvalue weighted by molar-refractivity contribution is 0.165. The molecule has 0 unspecified atom stereocenters. The van der Waals surface area contributed by atoms with Gasteiger partial charge in [-0.25, -0.2) is 0 Å². The first-order valence-electron chi connectivity index (χ1n) is 4.35. The summed E-state index contributed by atoms with van der Waals surface area (Å²) in [7, 11) is 3.19. The van der Waals surface area contributed by atoms with E-state index in [2.05, 4.69) is 4.98 Å². The number of hydrogen-bond acceptors (Lipinski definition) is 4. The van der Waals surface area contributed by atoms with Crippen molar-refractivity contribution < 1.29 is 14.6 Å². The first-order chi connectivity index (χ1) is 6.70. The molecule has 0 amide bonds. The Morgan fingerprint density at radius 3 is 2.50 bits per heavy atom. The Labute approximate surface area is 83.5 Å². The molecule has 0 aromatic carbocycles. The minimum absolute atomic E-state index is 0.196. The van der Waals surface area contributed by atoms with Crippen LogP contribution < -0.4 is 0 Å². The zero-order chi connectivity index (χ0) is 10.6. The topological polar surface area (TPSA) is 51.6 Å². The maximum atomic E-state index is 9.74. The summed E-state index contributed by atoms with van der Waals surface area (Å²) >= 11 is 0. The molecule has 1 rings (SSSR count). The molecule has 0 aliphatic carbocycles. The molecule has 1 heterocycles. The van der Waals surface area contributed by atoms with Crippen LogP contribution in [0.25, 0.3) is 0 Å². The number of aromatic nitrogens is 1. The van der Waals surface area contributed by atoms with E-state index in [9.17, 15) is 5.11 Å². The number of methoxy groups -OCH3 is 2. The van der Waals surface area contributed by atoms with Gasteiger partial charge in [-0.15, -0.1) is 0 Å². The third-order valence-corrected chi connectivity index (χ3v) is 2.02. The zero-order valence-corrected chi connectivity index (χ0v) is 8.70. The SMILES string of the molecule is COCc1cnc(C)c(O)c1COC. The van der Waals surface area contributed by atoms with Crippen LogP contribution >= 0.6 is 0 Å². The molecule has 78 valence electrons. The molecule has 0 aliphatic heterocycles. The van der Waals surface area contributed by atoms with Gasteiger partial charge in [-0.1, -0.05) is 0 Å². The summed E-state index contributed by atoms with van der Waals surface area (Å²) in [5.74, 6) is 0.196. The van der Waals surface area contributed by atoms with Crippen molar-refractivity contribution in [2.45, 2.75) is 20.1 Å². The maximum absolute atomic E-state index is 9.74. The number of pyridine rings is 1. The molecule has 14 heavy (non-hydrogen) atoms. The van der Waals surface area contributed by atoms with Gasteiger partial charge in [0.1, 0.15) is 5.75 Å². The van der Waals surface area contributed by atoms with E-state index >= 15 is 0 Å². The summed E-state index contributed by atoms with van der Waals surface area (Å²) in [6, 6.07) is 0. The predicted molar refractivity (Wildman–Crippen MR) is 52.1 cm³/mol. The number of ether oxygens (including phenoxy) is 2. The lowest BCUT2D eigenvalue weighted by atomic mass is 10.1. The molecular formula is C10H15NO3. The highest BCUT2D eigenvalue weighted by molar-refractivity contribution is 5.40. The minimum Gasteiger partial charge on any atom is -0.506 e. The highest BCUT2D eigenvalue weighted by atomic mass is 16.5. The second kappa shape index (κ2) is 4.93. The standard InChI is InChI=1S/C10H15NO3/c1-7-10(12)9(6-14-3)8(4-11-7)5-13-2/h4,12H,5-6H2,1-3H3. The highest BCUT2D eigenvalue weighted by Gasteiger charge is 2.10. The van der Waals surface area contributed by atoms with E-state index in [0.717, 1.165) is 11.1 Å². The smallest absolute Gasteiger partial charge is 0.142 e. The molecule has 1 N–H and O–H groups in total. The summed E-state index contributed by atoms with van der Waals surface area (Å²) in [6.45, 7) is 2.55. The summed E-state index contributed by atoms with van der Waals surface area (Å²) in [5, 5.41) is 9.74. The van der Waals surface area contributed by atoms with E-state index in [4.69, 9.17) is 9.47 Å². The number of hydrogen-bond donors (Lipinski definition) is 1. The summed E-state index contributed by atoms with van der Waals surface area (Å²) < 4.78 is 10.0. The van der Waals surface area contributed by atoms with Crippen LogP contribution in [0.5, 0.6) is 5.75 Å². The summed E-state index contributed by atoms with van der Waals surface area (Å²) in [6.07, 6.45) is 1.70. The predicted octanol–water partition coefficient (Wildman–Crippen LogP) is 1.39.